The van der Waals surface area contributed by atoms with E-state index < -0.39 is 23.8 Å². The molecule has 0 saturated carbocycles. The van der Waals surface area contributed by atoms with Crippen molar-refractivity contribution in [2.75, 3.05) is 23.8 Å². The first-order valence-electron chi connectivity index (χ1n) is 13.1. The number of rotatable bonds is 11. The Labute approximate surface area is 255 Å². The van der Waals surface area contributed by atoms with Gasteiger partial charge in [0.05, 0.1) is 22.5 Å². The highest BCUT2D eigenvalue weighted by Crippen LogP contribution is 2.25. The third-order valence-electron chi connectivity index (χ3n) is 6.24. The van der Waals surface area contributed by atoms with Crippen molar-refractivity contribution in [2.45, 2.75) is 0 Å². The number of nitrogens with one attached hydrogen (secondary N) is 4. The summed E-state index contributed by atoms with van der Waals surface area (Å²) in [6, 6.07) is 10.9. The highest BCUT2D eigenvalue weighted by Gasteiger charge is 2.23. The number of carboxylic acid groups (broad SMARTS) is 2. The summed E-state index contributed by atoms with van der Waals surface area (Å²) in [5.41, 5.74) is 4.90. The fourth-order valence-electron chi connectivity index (χ4n) is 4.10. The number of benzene rings is 2. The molecule has 4 heterocycles. The van der Waals surface area contributed by atoms with Gasteiger partial charge in [-0.25, -0.2) is 15.1 Å². The van der Waals surface area contributed by atoms with Gasteiger partial charge in [0.15, 0.2) is 22.9 Å². The predicted molar refractivity (Wildman–Crippen MR) is 155 cm³/mol. The number of anilines is 2. The smallest absolute Gasteiger partial charge is 0.337 e. The standard InChI is InChI=1S/C26H20N12O8/c39-23(18-5-7-21-29-33-35-37(21)31-18)27-17-4-2-13(11-16(17)26(43)44)45-9-10-46-14-1-3-15(25(41)42)20(12-14)28-24(40)19-6-8-22-30-34-36-38(22)32-19/h1-8,11-12,33,35H,9-10H2,(H,27,39)(H,28,40)(H,41,42)(H,43,44). The largest absolute Gasteiger partial charge is 0.490 e. The number of hydrazine groups is 2. The van der Waals surface area contributed by atoms with E-state index in [0.29, 0.717) is 11.5 Å². The van der Waals surface area contributed by atoms with Crippen molar-refractivity contribution in [3.05, 3.63) is 77.5 Å². The van der Waals surface area contributed by atoms with E-state index in [2.05, 4.69) is 52.5 Å². The van der Waals surface area contributed by atoms with E-state index in [0.717, 1.165) is 4.63 Å². The van der Waals surface area contributed by atoms with Gasteiger partial charge in [-0.3, -0.25) is 9.59 Å². The summed E-state index contributed by atoms with van der Waals surface area (Å²) in [5.74, 6) is -3.11. The van der Waals surface area contributed by atoms with Crippen LogP contribution >= 0.6 is 0 Å². The molecule has 20 heteroatoms. The summed E-state index contributed by atoms with van der Waals surface area (Å²) >= 11 is 0. The number of amides is 2. The molecule has 20 nitrogen and oxygen atoms in total. The minimum atomic E-state index is -1.31. The molecule has 0 spiro atoms. The zero-order chi connectivity index (χ0) is 32.2. The van der Waals surface area contributed by atoms with Crippen molar-refractivity contribution < 1.29 is 38.9 Å². The average molecular weight is 629 g/mol. The van der Waals surface area contributed by atoms with Crippen molar-refractivity contribution in [1.29, 1.82) is 0 Å². The van der Waals surface area contributed by atoms with Gasteiger partial charge in [0, 0.05) is 6.07 Å². The van der Waals surface area contributed by atoms with Crippen molar-refractivity contribution in [1.82, 2.24) is 41.4 Å². The van der Waals surface area contributed by atoms with Crippen LogP contribution in [-0.2, 0) is 4.79 Å². The Hall–Kier alpha value is -6.96. The molecule has 6 rings (SSSR count). The summed E-state index contributed by atoms with van der Waals surface area (Å²) in [4.78, 5) is 49.1. The number of carbonyl (C=O) groups is 4. The molecule has 0 unspecified atom stereocenters. The third kappa shape index (κ3) is 6.21. The molecule has 0 fully saturated rings. The maximum absolute atomic E-state index is 12.8. The molecule has 2 amide bonds. The Morgan fingerprint density at radius 1 is 0.826 bits per heavy atom. The second-order valence-electron chi connectivity index (χ2n) is 9.20. The summed E-state index contributed by atoms with van der Waals surface area (Å²) in [7, 11) is 0. The lowest BCUT2D eigenvalue weighted by molar-refractivity contribution is -0.110. The first-order valence-corrected chi connectivity index (χ1v) is 13.1. The molecule has 46 heavy (non-hydrogen) atoms. The van der Waals surface area contributed by atoms with Crippen molar-refractivity contribution in [3.8, 4) is 11.5 Å². The van der Waals surface area contributed by atoms with Crippen LogP contribution in [0.1, 0.15) is 31.2 Å². The van der Waals surface area contributed by atoms with Crippen LogP contribution in [0.15, 0.2) is 70.9 Å². The summed E-state index contributed by atoms with van der Waals surface area (Å²) < 4.78 is 12.3. The Bertz CT molecular complexity index is 1990. The number of aromatic nitrogens is 5. The number of nitrogens with zero attached hydrogens (tertiary/aromatic N) is 8. The number of aromatic carboxylic acids is 2. The van der Waals surface area contributed by atoms with Gasteiger partial charge in [0.1, 0.15) is 24.7 Å². The minimum absolute atomic E-state index is 0.00516. The Morgan fingerprint density at radius 2 is 1.57 bits per heavy atom. The molecule has 6 N–H and O–H groups in total. The molecule has 2 aliphatic rings. The van der Waals surface area contributed by atoms with E-state index in [1.54, 1.807) is 6.08 Å². The maximum atomic E-state index is 12.8. The molecule has 2 aromatic heterocycles. The fourth-order valence-corrected chi connectivity index (χ4v) is 4.10. The number of hydrazone groups is 2. The highest BCUT2D eigenvalue weighted by atomic mass is 16.5. The van der Waals surface area contributed by atoms with E-state index in [1.165, 1.54) is 59.7 Å². The van der Waals surface area contributed by atoms with E-state index in [1.807, 2.05) is 0 Å². The Morgan fingerprint density at radius 3 is 2.35 bits per heavy atom. The zero-order valence-electron chi connectivity index (χ0n) is 23.1. The average Bonchev–Trinajstić information content (AvgIpc) is 3.72. The lowest BCUT2D eigenvalue weighted by Crippen LogP contribution is -2.40. The lowest BCUT2D eigenvalue weighted by Gasteiger charge is -2.16. The van der Waals surface area contributed by atoms with Gasteiger partial charge < -0.3 is 30.3 Å². The monoisotopic (exact) mass is 628 g/mol. The molecule has 0 radical (unpaired) electrons. The zero-order valence-corrected chi connectivity index (χ0v) is 23.1. The molecular weight excluding hydrogens is 608 g/mol. The summed E-state index contributed by atoms with van der Waals surface area (Å²) in [5, 5.41) is 48.3. The molecule has 4 aromatic rings. The van der Waals surface area contributed by atoms with Gasteiger partial charge in [-0.2, -0.15) is 5.12 Å². The number of amidine groups is 1. The van der Waals surface area contributed by atoms with Crippen molar-refractivity contribution in [2.24, 2.45) is 10.2 Å². The number of carbonyl (C=O) groups excluding carboxylic acids is 2. The van der Waals surface area contributed by atoms with Gasteiger partial charge in [-0.15, -0.1) is 30.6 Å². The first-order chi connectivity index (χ1) is 22.2. The molecule has 2 aromatic carbocycles. The molecule has 232 valence electrons. The topological polar surface area (TPSA) is 259 Å². The van der Waals surface area contributed by atoms with Gasteiger partial charge in [0.2, 0.25) is 0 Å². The molecule has 0 saturated heterocycles. The lowest BCUT2D eigenvalue weighted by atomic mass is 10.1. The number of hydrogen-bond donors (Lipinski definition) is 6. The van der Waals surface area contributed by atoms with E-state index in [4.69, 9.17) is 9.47 Å². The van der Waals surface area contributed by atoms with Crippen LogP contribution in [0, 0.1) is 0 Å². The Balaban J connectivity index is 1.07. The molecule has 2 aliphatic heterocycles. The predicted octanol–water partition coefficient (Wildman–Crippen LogP) is 0.128. The summed E-state index contributed by atoms with van der Waals surface area (Å²) in [6.07, 6.45) is 2.97. The van der Waals surface area contributed by atoms with Gasteiger partial charge in [0.25, 0.3) is 11.8 Å². The van der Waals surface area contributed by atoms with Gasteiger partial charge in [-0.05, 0) is 65.0 Å². The fraction of sp³-hybridized carbons (Fsp3) is 0.0769. The maximum Gasteiger partial charge on any atom is 0.337 e. The van der Waals surface area contributed by atoms with Crippen LogP contribution < -0.4 is 31.2 Å². The second kappa shape index (κ2) is 12.3. The van der Waals surface area contributed by atoms with Crippen LogP contribution in [-0.4, -0.2) is 89.1 Å². The van der Waals surface area contributed by atoms with Crippen molar-refractivity contribution >= 4 is 52.3 Å². The van der Waals surface area contributed by atoms with Gasteiger partial charge in [-0.1, -0.05) is 0 Å². The number of carboxylic acids is 2. The molecule has 0 atom stereocenters. The van der Waals surface area contributed by atoms with Crippen LogP contribution in [0.3, 0.4) is 0 Å². The quantitative estimate of drug-likeness (QED) is 0.121. The summed E-state index contributed by atoms with van der Waals surface area (Å²) in [6.45, 7) is -0.0690. The highest BCUT2D eigenvalue weighted by molar-refractivity contribution is 6.48. The van der Waals surface area contributed by atoms with E-state index in [-0.39, 0.29) is 58.6 Å². The third-order valence-corrected chi connectivity index (χ3v) is 6.24. The molecular formula is C26H20N12O8. The van der Waals surface area contributed by atoms with Crippen molar-refractivity contribution in [3.63, 3.8) is 0 Å². The SMILES string of the molecule is O=C(Nc1ccc(OCCOc2ccc(C(=O)O)c(NC(=O)c3ccc4nnnn4n3)c2)cc1C(=O)O)C1=NN2NNN=C2C=C1. The van der Waals surface area contributed by atoms with Crippen LogP contribution in [0.5, 0.6) is 11.5 Å². The number of fused-ring (bicyclic) bond motifs is 2. The second-order valence-corrected chi connectivity index (χ2v) is 9.20. The molecule has 0 bridgehead atoms. The van der Waals surface area contributed by atoms with E-state index in [9.17, 15) is 29.4 Å². The van der Waals surface area contributed by atoms with Crippen LogP contribution in [0.2, 0.25) is 0 Å². The van der Waals surface area contributed by atoms with Crippen LogP contribution in [0.4, 0.5) is 11.4 Å². The van der Waals surface area contributed by atoms with E-state index >= 15 is 0 Å². The normalized spacial score (nSPS) is 13.3. The number of tetrazole rings is 1. The van der Waals surface area contributed by atoms with Gasteiger partial charge >= 0.3 is 11.9 Å². The Kier molecular flexibility index (Phi) is 7.81. The number of ether oxygens (including phenoxy) is 2. The first kappa shape index (κ1) is 29.1. The van der Waals surface area contributed by atoms with Crippen LogP contribution in [0.25, 0.3) is 5.65 Å². The molecule has 0 aliphatic carbocycles. The number of hydrogen-bond acceptors (Lipinski definition) is 15. The minimum Gasteiger partial charge on any atom is -0.490 e.